The lowest BCUT2D eigenvalue weighted by molar-refractivity contribution is -0.137. The normalized spacial score (nSPS) is 12.8. The van der Waals surface area contributed by atoms with Gasteiger partial charge in [0.1, 0.15) is 6.54 Å². The van der Waals surface area contributed by atoms with E-state index in [2.05, 4.69) is 5.32 Å². The fraction of sp³-hybridized carbons (Fsp3) is 0.208. The molecule has 5 nitrogen and oxygen atoms in total. The average Bonchev–Trinajstić information content (AvgIpc) is 2.77. The zero-order chi connectivity index (χ0) is 24.2. The van der Waals surface area contributed by atoms with Crippen LogP contribution in [0.2, 0.25) is 0 Å². The van der Waals surface area contributed by atoms with Crippen LogP contribution in [-0.2, 0) is 21.0 Å². The molecule has 0 unspecified atom stereocenters. The first kappa shape index (κ1) is 24.3. The second kappa shape index (κ2) is 9.66. The van der Waals surface area contributed by atoms with Gasteiger partial charge in [0.25, 0.3) is 10.0 Å². The van der Waals surface area contributed by atoms with Gasteiger partial charge in [-0.15, -0.1) is 0 Å². The first-order valence-corrected chi connectivity index (χ1v) is 11.5. The summed E-state index contributed by atoms with van der Waals surface area (Å²) in [7, 11) is -4.32. The number of nitrogens with one attached hydrogen (secondary N) is 1. The second-order valence-corrected chi connectivity index (χ2v) is 9.44. The number of halogens is 3. The average molecular weight is 477 g/mol. The maximum absolute atomic E-state index is 13.4. The van der Waals surface area contributed by atoms with Crippen LogP contribution >= 0.6 is 0 Å². The standard InChI is InChI=1S/C24H23F3N2O3S/c1-17-11-13-22(14-12-17)33(31,32)29(21-10-6-9-20(15-21)24(25,26)27)16-23(30)28-18(2)19-7-4-3-5-8-19/h3-15,18H,16H2,1-2H3,(H,28,30)/t18-/m0/s1. The van der Waals surface area contributed by atoms with E-state index in [1.165, 1.54) is 18.2 Å². The Morgan fingerprint density at radius 2 is 1.61 bits per heavy atom. The van der Waals surface area contributed by atoms with Crippen molar-refractivity contribution in [2.75, 3.05) is 10.8 Å². The molecule has 0 heterocycles. The Labute approximate surface area is 190 Å². The van der Waals surface area contributed by atoms with E-state index in [0.717, 1.165) is 29.3 Å². The highest BCUT2D eigenvalue weighted by molar-refractivity contribution is 7.92. The molecular formula is C24H23F3N2O3S. The number of aryl methyl sites for hydroxylation is 1. The molecule has 3 aromatic rings. The minimum Gasteiger partial charge on any atom is -0.348 e. The number of rotatable bonds is 7. The largest absolute Gasteiger partial charge is 0.416 e. The van der Waals surface area contributed by atoms with Gasteiger partial charge in [0.15, 0.2) is 0 Å². The zero-order valence-corrected chi connectivity index (χ0v) is 18.8. The maximum Gasteiger partial charge on any atom is 0.416 e. The van der Waals surface area contributed by atoms with Crippen LogP contribution < -0.4 is 9.62 Å². The van der Waals surface area contributed by atoms with E-state index in [0.29, 0.717) is 4.31 Å². The van der Waals surface area contributed by atoms with Crippen LogP contribution in [0.4, 0.5) is 18.9 Å². The molecule has 0 saturated carbocycles. The number of nitrogens with zero attached hydrogens (tertiary/aromatic N) is 1. The molecule has 0 fully saturated rings. The summed E-state index contributed by atoms with van der Waals surface area (Å²) < 4.78 is 67.2. The number of alkyl halides is 3. The van der Waals surface area contributed by atoms with Gasteiger partial charge >= 0.3 is 6.18 Å². The lowest BCUT2D eigenvalue weighted by atomic mass is 10.1. The van der Waals surface area contributed by atoms with Crippen LogP contribution in [0, 0.1) is 6.92 Å². The van der Waals surface area contributed by atoms with Crippen molar-refractivity contribution in [3.05, 3.63) is 95.6 Å². The van der Waals surface area contributed by atoms with E-state index < -0.39 is 40.3 Å². The Morgan fingerprint density at radius 3 is 2.21 bits per heavy atom. The molecule has 1 atom stereocenters. The van der Waals surface area contributed by atoms with Crippen molar-refractivity contribution in [3.63, 3.8) is 0 Å². The summed E-state index contributed by atoms with van der Waals surface area (Å²) in [5.41, 5.74) is 0.349. The Kier molecular flexibility index (Phi) is 7.12. The lowest BCUT2D eigenvalue weighted by Crippen LogP contribution is -2.41. The highest BCUT2D eigenvalue weighted by Gasteiger charge is 2.33. The third kappa shape index (κ3) is 5.92. The van der Waals surface area contributed by atoms with E-state index in [4.69, 9.17) is 0 Å². The van der Waals surface area contributed by atoms with E-state index in [1.54, 1.807) is 50.2 Å². The Balaban J connectivity index is 1.97. The summed E-state index contributed by atoms with van der Waals surface area (Å²) in [6.45, 7) is 2.82. The van der Waals surface area contributed by atoms with Crippen LogP contribution in [0.25, 0.3) is 0 Å². The van der Waals surface area contributed by atoms with Gasteiger partial charge in [-0.25, -0.2) is 8.42 Å². The van der Waals surface area contributed by atoms with Gasteiger partial charge in [-0.1, -0.05) is 54.1 Å². The van der Waals surface area contributed by atoms with Crippen LogP contribution in [0.3, 0.4) is 0 Å². The molecule has 0 aliphatic carbocycles. The lowest BCUT2D eigenvalue weighted by Gasteiger charge is -2.26. The molecule has 3 rings (SSSR count). The number of amides is 1. The fourth-order valence-corrected chi connectivity index (χ4v) is 4.65. The SMILES string of the molecule is Cc1ccc(S(=O)(=O)N(CC(=O)N[C@@H](C)c2ccccc2)c2cccc(C(F)(F)F)c2)cc1. The van der Waals surface area contributed by atoms with Crippen LogP contribution in [0.5, 0.6) is 0 Å². The molecule has 174 valence electrons. The van der Waals surface area contributed by atoms with Gasteiger partial charge in [-0.3, -0.25) is 9.10 Å². The van der Waals surface area contributed by atoms with Crippen molar-refractivity contribution in [2.45, 2.75) is 31.0 Å². The number of benzene rings is 3. The van der Waals surface area contributed by atoms with E-state index in [1.807, 2.05) is 6.07 Å². The Bertz CT molecular complexity index is 1210. The molecule has 9 heteroatoms. The molecule has 1 N–H and O–H groups in total. The fourth-order valence-electron chi connectivity index (χ4n) is 3.23. The molecule has 0 spiro atoms. The van der Waals surface area contributed by atoms with Crippen molar-refractivity contribution in [1.29, 1.82) is 0 Å². The number of hydrogen-bond acceptors (Lipinski definition) is 3. The Hall–Kier alpha value is -3.33. The van der Waals surface area contributed by atoms with E-state index in [-0.39, 0.29) is 10.6 Å². The number of anilines is 1. The van der Waals surface area contributed by atoms with Gasteiger partial charge in [-0.05, 0) is 49.7 Å². The van der Waals surface area contributed by atoms with E-state index >= 15 is 0 Å². The molecule has 0 saturated heterocycles. The summed E-state index contributed by atoms with van der Waals surface area (Å²) >= 11 is 0. The molecule has 0 aromatic heterocycles. The molecule has 0 aliphatic rings. The van der Waals surface area contributed by atoms with Gasteiger partial charge in [-0.2, -0.15) is 13.2 Å². The van der Waals surface area contributed by atoms with Crippen LogP contribution in [0.1, 0.15) is 29.7 Å². The predicted octanol–water partition coefficient (Wildman–Crippen LogP) is 5.09. The first-order chi connectivity index (χ1) is 15.5. The topological polar surface area (TPSA) is 66.5 Å². The summed E-state index contributed by atoms with van der Waals surface area (Å²) in [5, 5.41) is 2.71. The summed E-state index contributed by atoms with van der Waals surface area (Å²) in [6, 6.07) is 18.4. The molecular weight excluding hydrogens is 453 g/mol. The number of carbonyl (C=O) groups excluding carboxylic acids is 1. The number of sulfonamides is 1. The van der Waals surface area contributed by atoms with Gasteiger partial charge < -0.3 is 5.32 Å². The van der Waals surface area contributed by atoms with Crippen LogP contribution in [-0.4, -0.2) is 20.9 Å². The van der Waals surface area contributed by atoms with Crippen LogP contribution in [0.15, 0.2) is 83.8 Å². The minimum atomic E-state index is -4.67. The molecule has 33 heavy (non-hydrogen) atoms. The number of carbonyl (C=O) groups is 1. The number of hydrogen-bond donors (Lipinski definition) is 1. The third-order valence-electron chi connectivity index (χ3n) is 5.03. The molecule has 3 aromatic carbocycles. The van der Waals surface area contributed by atoms with Crippen molar-refractivity contribution >= 4 is 21.6 Å². The van der Waals surface area contributed by atoms with Gasteiger partial charge in [0.05, 0.1) is 22.2 Å². The van der Waals surface area contributed by atoms with E-state index in [9.17, 15) is 26.4 Å². The molecule has 0 radical (unpaired) electrons. The summed E-state index contributed by atoms with van der Waals surface area (Å²) in [5.74, 6) is -0.653. The van der Waals surface area contributed by atoms with Gasteiger partial charge in [0.2, 0.25) is 5.91 Å². The summed E-state index contributed by atoms with van der Waals surface area (Å²) in [6.07, 6.45) is -4.67. The molecule has 0 bridgehead atoms. The third-order valence-corrected chi connectivity index (χ3v) is 6.82. The van der Waals surface area contributed by atoms with Crippen molar-refractivity contribution < 1.29 is 26.4 Å². The first-order valence-electron chi connectivity index (χ1n) is 10.1. The smallest absolute Gasteiger partial charge is 0.348 e. The quantitative estimate of drug-likeness (QED) is 0.517. The monoisotopic (exact) mass is 476 g/mol. The zero-order valence-electron chi connectivity index (χ0n) is 18.0. The maximum atomic E-state index is 13.4. The minimum absolute atomic E-state index is 0.130. The van der Waals surface area contributed by atoms with Crippen molar-refractivity contribution in [1.82, 2.24) is 5.32 Å². The van der Waals surface area contributed by atoms with Gasteiger partial charge in [0, 0.05) is 0 Å². The molecule has 0 aliphatic heterocycles. The molecule has 1 amide bonds. The Morgan fingerprint density at radius 1 is 0.970 bits per heavy atom. The van der Waals surface area contributed by atoms with Crippen molar-refractivity contribution in [3.8, 4) is 0 Å². The predicted molar refractivity (Wildman–Crippen MR) is 120 cm³/mol. The highest BCUT2D eigenvalue weighted by Crippen LogP contribution is 2.33. The summed E-state index contributed by atoms with van der Waals surface area (Å²) in [4.78, 5) is 12.7. The second-order valence-electron chi connectivity index (χ2n) is 7.57. The van der Waals surface area contributed by atoms with Crippen molar-refractivity contribution in [2.24, 2.45) is 0 Å². The highest BCUT2D eigenvalue weighted by atomic mass is 32.2.